The number of nitrogens with one attached hydrogen (secondary N) is 1. The van der Waals surface area contributed by atoms with Crippen molar-refractivity contribution in [2.75, 3.05) is 13.1 Å². The van der Waals surface area contributed by atoms with Crippen LogP contribution in [-0.4, -0.2) is 30.1 Å². The average molecular weight is 256 g/mol. The molecule has 1 N–H and O–H groups in total. The maximum Gasteiger partial charge on any atom is 0.0233 e. The Labute approximate surface area is 116 Å². The molecule has 2 saturated carbocycles. The van der Waals surface area contributed by atoms with Gasteiger partial charge in [-0.3, -0.25) is 4.90 Å². The lowest BCUT2D eigenvalue weighted by Crippen LogP contribution is -2.37. The molecule has 0 radical (unpaired) electrons. The molecule has 1 aromatic carbocycles. The summed E-state index contributed by atoms with van der Waals surface area (Å²) in [6.45, 7) is 3.77. The predicted octanol–water partition coefficient (Wildman–Crippen LogP) is 2.65. The standard InChI is InChI=1S/C17H24N2/c1-2-4-13(5-3-1)10-19-11-14-6-9-17(16(14)12-19)18-15-7-8-15/h1-5,14-18H,6-12H2/t14-,16+,17-/m0/s1. The van der Waals surface area contributed by atoms with E-state index in [1.165, 1.54) is 44.3 Å². The Morgan fingerprint density at radius 3 is 2.63 bits per heavy atom. The first kappa shape index (κ1) is 11.9. The minimum Gasteiger partial charge on any atom is -0.311 e. The maximum atomic E-state index is 3.88. The van der Waals surface area contributed by atoms with E-state index in [9.17, 15) is 0 Å². The van der Waals surface area contributed by atoms with E-state index in [1.807, 2.05) is 0 Å². The predicted molar refractivity (Wildman–Crippen MR) is 77.9 cm³/mol. The third kappa shape index (κ3) is 2.56. The van der Waals surface area contributed by atoms with E-state index in [4.69, 9.17) is 0 Å². The molecule has 2 heteroatoms. The molecular weight excluding hydrogens is 232 g/mol. The van der Waals surface area contributed by atoms with E-state index in [0.717, 1.165) is 30.5 Å². The minimum absolute atomic E-state index is 0.818. The van der Waals surface area contributed by atoms with E-state index in [0.29, 0.717) is 0 Å². The molecule has 0 aromatic heterocycles. The van der Waals surface area contributed by atoms with Crippen molar-refractivity contribution < 1.29 is 0 Å². The van der Waals surface area contributed by atoms with E-state index >= 15 is 0 Å². The van der Waals surface area contributed by atoms with Gasteiger partial charge in [0.1, 0.15) is 0 Å². The Balaban J connectivity index is 1.37. The molecule has 1 saturated heterocycles. The van der Waals surface area contributed by atoms with Gasteiger partial charge in [0.05, 0.1) is 0 Å². The summed E-state index contributed by atoms with van der Waals surface area (Å²) < 4.78 is 0. The zero-order valence-corrected chi connectivity index (χ0v) is 11.6. The van der Waals surface area contributed by atoms with E-state index < -0.39 is 0 Å². The lowest BCUT2D eigenvalue weighted by molar-refractivity contribution is 0.288. The van der Waals surface area contributed by atoms with Crippen LogP contribution in [0.4, 0.5) is 0 Å². The number of hydrogen-bond donors (Lipinski definition) is 1. The summed E-state index contributed by atoms with van der Waals surface area (Å²) in [6, 6.07) is 12.6. The number of rotatable bonds is 4. The fourth-order valence-corrected chi connectivity index (χ4v) is 4.09. The average Bonchev–Trinajstić information content (AvgIpc) is 3.05. The van der Waals surface area contributed by atoms with Crippen molar-refractivity contribution in [3.05, 3.63) is 35.9 Å². The van der Waals surface area contributed by atoms with Crippen LogP contribution in [-0.2, 0) is 6.54 Å². The molecule has 102 valence electrons. The van der Waals surface area contributed by atoms with Crippen molar-refractivity contribution in [3.8, 4) is 0 Å². The molecule has 3 aliphatic rings. The number of benzene rings is 1. The smallest absolute Gasteiger partial charge is 0.0233 e. The van der Waals surface area contributed by atoms with Crippen LogP contribution in [0.5, 0.6) is 0 Å². The highest BCUT2D eigenvalue weighted by Gasteiger charge is 2.43. The zero-order chi connectivity index (χ0) is 12.7. The van der Waals surface area contributed by atoms with Gasteiger partial charge >= 0.3 is 0 Å². The molecule has 1 aliphatic heterocycles. The summed E-state index contributed by atoms with van der Waals surface area (Å²) >= 11 is 0. The zero-order valence-electron chi connectivity index (χ0n) is 11.6. The highest BCUT2D eigenvalue weighted by atomic mass is 15.2. The molecule has 0 spiro atoms. The molecule has 1 aromatic rings. The summed E-state index contributed by atoms with van der Waals surface area (Å²) in [5, 5.41) is 3.88. The monoisotopic (exact) mass is 256 g/mol. The van der Waals surface area contributed by atoms with Crippen molar-refractivity contribution >= 4 is 0 Å². The van der Waals surface area contributed by atoms with Crippen LogP contribution in [0, 0.1) is 11.8 Å². The molecule has 2 nitrogen and oxygen atoms in total. The molecule has 3 fully saturated rings. The van der Waals surface area contributed by atoms with Gasteiger partial charge in [0.2, 0.25) is 0 Å². The highest BCUT2D eigenvalue weighted by molar-refractivity contribution is 5.15. The molecule has 0 unspecified atom stereocenters. The van der Waals surface area contributed by atoms with E-state index in [1.54, 1.807) is 0 Å². The first-order valence-corrected chi connectivity index (χ1v) is 7.91. The van der Waals surface area contributed by atoms with Crippen molar-refractivity contribution in [1.29, 1.82) is 0 Å². The maximum absolute atomic E-state index is 3.88. The van der Waals surface area contributed by atoms with Crippen LogP contribution in [0.1, 0.15) is 31.2 Å². The number of fused-ring (bicyclic) bond motifs is 1. The summed E-state index contributed by atoms with van der Waals surface area (Å²) in [5.41, 5.74) is 1.47. The lowest BCUT2D eigenvalue weighted by atomic mass is 9.98. The number of nitrogens with zero attached hydrogens (tertiary/aromatic N) is 1. The van der Waals surface area contributed by atoms with Crippen LogP contribution in [0.25, 0.3) is 0 Å². The Morgan fingerprint density at radius 1 is 1.00 bits per heavy atom. The van der Waals surface area contributed by atoms with Crippen LogP contribution in [0.15, 0.2) is 30.3 Å². The van der Waals surface area contributed by atoms with Gasteiger partial charge in [-0.05, 0) is 43.1 Å². The fourth-order valence-electron chi connectivity index (χ4n) is 4.09. The third-order valence-electron chi connectivity index (χ3n) is 5.21. The lowest BCUT2D eigenvalue weighted by Gasteiger charge is -2.21. The third-order valence-corrected chi connectivity index (χ3v) is 5.21. The van der Waals surface area contributed by atoms with Gasteiger partial charge in [-0.2, -0.15) is 0 Å². The van der Waals surface area contributed by atoms with Gasteiger partial charge in [0.25, 0.3) is 0 Å². The van der Waals surface area contributed by atoms with Crippen molar-refractivity contribution in [1.82, 2.24) is 10.2 Å². The van der Waals surface area contributed by atoms with Gasteiger partial charge in [-0.15, -0.1) is 0 Å². The second-order valence-corrected chi connectivity index (χ2v) is 6.73. The van der Waals surface area contributed by atoms with Gasteiger partial charge in [0, 0.05) is 31.7 Å². The number of likely N-dealkylation sites (tertiary alicyclic amines) is 1. The van der Waals surface area contributed by atoms with E-state index in [2.05, 4.69) is 40.5 Å². The SMILES string of the molecule is c1ccc(CN2C[C@@H]3CC[C@H](NC4CC4)[C@@H]3C2)cc1. The fraction of sp³-hybridized carbons (Fsp3) is 0.647. The van der Waals surface area contributed by atoms with Gasteiger partial charge < -0.3 is 5.32 Å². The van der Waals surface area contributed by atoms with Crippen LogP contribution in [0.3, 0.4) is 0 Å². The van der Waals surface area contributed by atoms with Crippen molar-refractivity contribution in [2.24, 2.45) is 11.8 Å². The van der Waals surface area contributed by atoms with Gasteiger partial charge in [0.15, 0.2) is 0 Å². The summed E-state index contributed by atoms with van der Waals surface area (Å²) in [5.74, 6) is 1.88. The Bertz CT molecular complexity index is 426. The second kappa shape index (κ2) is 4.92. The van der Waals surface area contributed by atoms with E-state index in [-0.39, 0.29) is 0 Å². The molecule has 3 atom stereocenters. The molecule has 0 bridgehead atoms. The molecule has 4 rings (SSSR count). The molecule has 19 heavy (non-hydrogen) atoms. The number of hydrogen-bond acceptors (Lipinski definition) is 2. The Kier molecular flexibility index (Phi) is 3.08. The Hall–Kier alpha value is -0.860. The molecule has 2 aliphatic carbocycles. The summed E-state index contributed by atoms with van der Waals surface area (Å²) in [6.07, 6.45) is 5.70. The normalized spacial score (nSPS) is 34.6. The van der Waals surface area contributed by atoms with Crippen molar-refractivity contribution in [2.45, 2.75) is 44.3 Å². The van der Waals surface area contributed by atoms with Gasteiger partial charge in [-0.1, -0.05) is 30.3 Å². The van der Waals surface area contributed by atoms with Crippen LogP contribution < -0.4 is 5.32 Å². The largest absolute Gasteiger partial charge is 0.311 e. The topological polar surface area (TPSA) is 15.3 Å². The highest BCUT2D eigenvalue weighted by Crippen LogP contribution is 2.39. The summed E-state index contributed by atoms with van der Waals surface area (Å²) in [7, 11) is 0. The van der Waals surface area contributed by atoms with Gasteiger partial charge in [-0.25, -0.2) is 0 Å². The van der Waals surface area contributed by atoms with Crippen LogP contribution >= 0.6 is 0 Å². The quantitative estimate of drug-likeness (QED) is 0.891. The second-order valence-electron chi connectivity index (χ2n) is 6.73. The van der Waals surface area contributed by atoms with Crippen molar-refractivity contribution in [3.63, 3.8) is 0 Å². The first-order chi connectivity index (χ1) is 9.38. The van der Waals surface area contributed by atoms with Crippen LogP contribution in [0.2, 0.25) is 0 Å². The summed E-state index contributed by atoms with van der Waals surface area (Å²) in [4.78, 5) is 2.67. The minimum atomic E-state index is 0.818. The molecular formula is C17H24N2. The molecule has 0 amide bonds. The first-order valence-electron chi connectivity index (χ1n) is 7.91. The molecule has 1 heterocycles. The Morgan fingerprint density at radius 2 is 1.84 bits per heavy atom.